The van der Waals surface area contributed by atoms with Crippen LogP contribution in [0.2, 0.25) is 0 Å². The Morgan fingerprint density at radius 1 is 1.29 bits per heavy atom. The average Bonchev–Trinajstić information content (AvgIpc) is 2.87. The van der Waals surface area contributed by atoms with Crippen LogP contribution in [0.5, 0.6) is 5.75 Å². The van der Waals surface area contributed by atoms with Crippen LogP contribution >= 0.6 is 0 Å². The van der Waals surface area contributed by atoms with Gasteiger partial charge in [0.25, 0.3) is 0 Å². The number of hydrogen-bond donors (Lipinski definition) is 1. The molecule has 0 saturated heterocycles. The van der Waals surface area contributed by atoms with Gasteiger partial charge in [-0.05, 0) is 30.7 Å². The topological polar surface area (TPSA) is 85.5 Å². The quantitative estimate of drug-likeness (QED) is 0.846. The molecule has 112 valence electrons. The summed E-state index contributed by atoms with van der Waals surface area (Å²) in [5.41, 5.74) is 0.564. The third kappa shape index (κ3) is 4.51. The van der Waals surface area contributed by atoms with Crippen molar-refractivity contribution in [2.45, 2.75) is 25.9 Å². The van der Waals surface area contributed by atoms with Crippen LogP contribution in [0.3, 0.4) is 0 Å². The first kappa shape index (κ1) is 14.9. The van der Waals surface area contributed by atoms with E-state index in [0.29, 0.717) is 24.3 Å². The number of aliphatic carboxylic acids is 1. The monoisotopic (exact) mass is 298 g/mol. The molecule has 0 amide bonds. The fraction of sp³-hybridized carbons (Fsp3) is 0.308. The van der Waals surface area contributed by atoms with Gasteiger partial charge in [-0.1, -0.05) is 0 Å². The third-order valence-electron chi connectivity index (χ3n) is 2.57. The number of aryl methyl sites for hydroxylation is 1. The Bertz CT molecular complexity index is 598. The van der Waals surface area contributed by atoms with Crippen LogP contribution in [-0.4, -0.2) is 27.9 Å². The van der Waals surface area contributed by atoms with Crippen molar-refractivity contribution in [1.82, 2.24) is 10.2 Å². The van der Waals surface area contributed by atoms with Gasteiger partial charge in [0.1, 0.15) is 5.75 Å². The molecule has 0 aliphatic carbocycles. The van der Waals surface area contributed by atoms with Gasteiger partial charge < -0.3 is 14.3 Å². The lowest BCUT2D eigenvalue weighted by atomic mass is 10.2. The van der Waals surface area contributed by atoms with Gasteiger partial charge in [0, 0.05) is 18.4 Å². The molecule has 1 heterocycles. The predicted octanol–water partition coefficient (Wildman–Crippen LogP) is 2.75. The highest BCUT2D eigenvalue weighted by molar-refractivity contribution is 5.66. The maximum absolute atomic E-state index is 12.0. The molecule has 0 unspecified atom stereocenters. The molecule has 21 heavy (non-hydrogen) atoms. The number of nitrogens with zero attached hydrogens (tertiary/aromatic N) is 2. The highest BCUT2D eigenvalue weighted by atomic mass is 19.3. The van der Waals surface area contributed by atoms with Gasteiger partial charge in [-0.2, -0.15) is 8.78 Å². The van der Waals surface area contributed by atoms with E-state index < -0.39 is 12.6 Å². The maximum atomic E-state index is 12.0. The molecule has 1 N–H and O–H groups in total. The minimum Gasteiger partial charge on any atom is -0.481 e. The van der Waals surface area contributed by atoms with Gasteiger partial charge in [0.2, 0.25) is 11.8 Å². The summed E-state index contributed by atoms with van der Waals surface area (Å²) in [4.78, 5) is 10.4. The second kappa shape index (κ2) is 6.78. The fourth-order valence-corrected chi connectivity index (χ4v) is 1.64. The Kier molecular flexibility index (Phi) is 4.81. The van der Waals surface area contributed by atoms with Crippen LogP contribution in [0, 0.1) is 0 Å². The predicted molar refractivity (Wildman–Crippen MR) is 66.9 cm³/mol. The fourth-order valence-electron chi connectivity index (χ4n) is 1.64. The van der Waals surface area contributed by atoms with Gasteiger partial charge in [0.15, 0.2) is 0 Å². The first-order valence-corrected chi connectivity index (χ1v) is 6.14. The molecule has 0 spiro atoms. The molecule has 1 aromatic heterocycles. The van der Waals surface area contributed by atoms with Crippen molar-refractivity contribution in [2.24, 2.45) is 0 Å². The minimum absolute atomic E-state index is 0.0252. The first-order chi connectivity index (χ1) is 10.0. The standard InChI is InChI=1S/C13H12F2N2O4/c14-13(15)20-9-6-4-8(5-7-9)12-17-16-10(21-12)2-1-3-11(18)19/h4-7,13H,1-3H2,(H,18,19). The van der Waals surface area contributed by atoms with Crippen LogP contribution in [0.4, 0.5) is 8.78 Å². The third-order valence-corrected chi connectivity index (χ3v) is 2.57. The SMILES string of the molecule is O=C(O)CCCc1nnc(-c2ccc(OC(F)F)cc2)o1. The van der Waals surface area contributed by atoms with E-state index in [9.17, 15) is 13.6 Å². The lowest BCUT2D eigenvalue weighted by Gasteiger charge is -2.03. The number of alkyl halides is 2. The van der Waals surface area contributed by atoms with Crippen molar-refractivity contribution in [3.8, 4) is 17.2 Å². The lowest BCUT2D eigenvalue weighted by Crippen LogP contribution is -2.01. The number of benzene rings is 1. The second-order valence-electron chi connectivity index (χ2n) is 4.15. The van der Waals surface area contributed by atoms with E-state index in [4.69, 9.17) is 9.52 Å². The highest BCUT2D eigenvalue weighted by Crippen LogP contribution is 2.22. The molecular formula is C13H12F2N2O4. The zero-order valence-electron chi connectivity index (χ0n) is 10.8. The summed E-state index contributed by atoms with van der Waals surface area (Å²) in [7, 11) is 0. The molecule has 2 rings (SSSR count). The highest BCUT2D eigenvalue weighted by Gasteiger charge is 2.10. The molecule has 0 radical (unpaired) electrons. The van der Waals surface area contributed by atoms with E-state index in [1.807, 2.05) is 0 Å². The summed E-state index contributed by atoms with van der Waals surface area (Å²) < 4.78 is 33.6. The second-order valence-corrected chi connectivity index (χ2v) is 4.15. The van der Waals surface area contributed by atoms with Crippen molar-refractivity contribution in [2.75, 3.05) is 0 Å². The Hall–Kier alpha value is -2.51. The number of hydrogen-bond acceptors (Lipinski definition) is 5. The number of carboxylic acids is 1. The molecule has 1 aromatic carbocycles. The molecule has 0 atom stereocenters. The zero-order valence-corrected chi connectivity index (χ0v) is 10.8. The normalized spacial score (nSPS) is 10.8. The van der Waals surface area contributed by atoms with Crippen molar-refractivity contribution in [3.05, 3.63) is 30.2 Å². The number of aromatic nitrogens is 2. The number of halogens is 2. The number of carbonyl (C=O) groups is 1. The minimum atomic E-state index is -2.87. The molecule has 0 bridgehead atoms. The Morgan fingerprint density at radius 3 is 2.62 bits per heavy atom. The summed E-state index contributed by atoms with van der Waals surface area (Å²) in [6.45, 7) is -2.87. The molecule has 0 aliphatic rings. The summed E-state index contributed by atoms with van der Waals surface area (Å²) >= 11 is 0. The summed E-state index contributed by atoms with van der Waals surface area (Å²) in [5, 5.41) is 16.2. The number of rotatable bonds is 7. The van der Waals surface area contributed by atoms with Crippen LogP contribution in [-0.2, 0) is 11.2 Å². The van der Waals surface area contributed by atoms with E-state index in [1.54, 1.807) is 0 Å². The molecule has 8 heteroatoms. The van der Waals surface area contributed by atoms with E-state index in [2.05, 4.69) is 14.9 Å². The molecule has 0 saturated carbocycles. The summed E-state index contributed by atoms with van der Waals surface area (Å²) in [5.74, 6) is -0.276. The Labute approximate surface area is 118 Å². The summed E-state index contributed by atoms with van der Waals surface area (Å²) in [6.07, 6.45) is 0.793. The number of ether oxygens (including phenoxy) is 1. The molecule has 0 aliphatic heterocycles. The van der Waals surface area contributed by atoms with E-state index in [-0.39, 0.29) is 18.1 Å². The lowest BCUT2D eigenvalue weighted by molar-refractivity contribution is -0.137. The Balaban J connectivity index is 1.98. The van der Waals surface area contributed by atoms with E-state index in [1.165, 1.54) is 24.3 Å². The maximum Gasteiger partial charge on any atom is 0.387 e. The average molecular weight is 298 g/mol. The van der Waals surface area contributed by atoms with Gasteiger partial charge in [-0.3, -0.25) is 4.79 Å². The van der Waals surface area contributed by atoms with Crippen LogP contribution in [0.1, 0.15) is 18.7 Å². The summed E-state index contributed by atoms with van der Waals surface area (Å²) in [6, 6.07) is 5.78. The molecular weight excluding hydrogens is 286 g/mol. The molecule has 2 aromatic rings. The van der Waals surface area contributed by atoms with Crippen molar-refractivity contribution < 1.29 is 27.8 Å². The zero-order chi connectivity index (χ0) is 15.2. The van der Waals surface area contributed by atoms with Gasteiger partial charge in [0.05, 0.1) is 0 Å². The van der Waals surface area contributed by atoms with Crippen molar-refractivity contribution in [3.63, 3.8) is 0 Å². The Morgan fingerprint density at radius 2 is 2.00 bits per heavy atom. The van der Waals surface area contributed by atoms with Gasteiger partial charge in [-0.15, -0.1) is 10.2 Å². The molecule has 6 nitrogen and oxygen atoms in total. The van der Waals surface area contributed by atoms with Gasteiger partial charge in [-0.25, -0.2) is 0 Å². The van der Waals surface area contributed by atoms with Crippen LogP contribution < -0.4 is 4.74 Å². The smallest absolute Gasteiger partial charge is 0.387 e. The van der Waals surface area contributed by atoms with Crippen LogP contribution in [0.25, 0.3) is 11.5 Å². The van der Waals surface area contributed by atoms with E-state index >= 15 is 0 Å². The van der Waals surface area contributed by atoms with Crippen molar-refractivity contribution in [1.29, 1.82) is 0 Å². The van der Waals surface area contributed by atoms with Crippen LogP contribution in [0.15, 0.2) is 28.7 Å². The van der Waals surface area contributed by atoms with Crippen molar-refractivity contribution >= 4 is 5.97 Å². The first-order valence-electron chi connectivity index (χ1n) is 6.14. The van der Waals surface area contributed by atoms with E-state index in [0.717, 1.165) is 0 Å². The number of carboxylic acid groups (broad SMARTS) is 1. The largest absolute Gasteiger partial charge is 0.481 e. The molecule has 0 fully saturated rings. The van der Waals surface area contributed by atoms with Gasteiger partial charge >= 0.3 is 12.6 Å².